The van der Waals surface area contributed by atoms with Crippen molar-refractivity contribution in [1.29, 1.82) is 5.26 Å². The van der Waals surface area contributed by atoms with E-state index in [0.29, 0.717) is 39.5 Å². The van der Waals surface area contributed by atoms with Crippen LogP contribution in [0.4, 0.5) is 5.69 Å². The van der Waals surface area contributed by atoms with Crippen LogP contribution in [-0.4, -0.2) is 35.4 Å². The molecular formula is C22H20N4O4. The fourth-order valence-corrected chi connectivity index (χ4v) is 2.90. The molecule has 0 aliphatic carbocycles. The lowest BCUT2D eigenvalue weighted by Crippen LogP contribution is -2.13. The lowest BCUT2D eigenvalue weighted by Gasteiger charge is -2.11. The number of amides is 1. The van der Waals surface area contributed by atoms with Gasteiger partial charge in [0.05, 0.1) is 48.6 Å². The number of aromatic nitrogens is 2. The third-order valence-electron chi connectivity index (χ3n) is 4.46. The molecule has 1 heterocycles. The molecule has 0 radical (unpaired) electrons. The van der Waals surface area contributed by atoms with Crippen LogP contribution in [0.1, 0.15) is 38.9 Å². The van der Waals surface area contributed by atoms with E-state index in [9.17, 15) is 9.59 Å². The molecular weight excluding hydrogens is 384 g/mol. The number of carbonyl (C=O) groups excluding carboxylic acids is 2. The number of rotatable bonds is 6. The minimum atomic E-state index is -0.425. The van der Waals surface area contributed by atoms with Gasteiger partial charge in [0.25, 0.3) is 5.91 Å². The highest BCUT2D eigenvalue weighted by molar-refractivity contribution is 6.05. The Balaban J connectivity index is 1.81. The van der Waals surface area contributed by atoms with Gasteiger partial charge >= 0.3 is 5.97 Å². The number of methoxy groups -OCH3 is 1. The molecule has 0 fully saturated rings. The van der Waals surface area contributed by atoms with Crippen molar-refractivity contribution in [1.82, 2.24) is 9.78 Å². The van der Waals surface area contributed by atoms with Crippen molar-refractivity contribution in [2.24, 2.45) is 0 Å². The fourth-order valence-electron chi connectivity index (χ4n) is 2.90. The highest BCUT2D eigenvalue weighted by atomic mass is 16.5. The highest BCUT2D eigenvalue weighted by Crippen LogP contribution is 2.26. The highest BCUT2D eigenvalue weighted by Gasteiger charge is 2.16. The zero-order chi connectivity index (χ0) is 21.7. The van der Waals surface area contributed by atoms with Crippen LogP contribution in [-0.2, 0) is 4.74 Å². The van der Waals surface area contributed by atoms with E-state index in [1.807, 2.05) is 6.07 Å². The Bertz CT molecular complexity index is 1130. The monoisotopic (exact) mass is 404 g/mol. The molecule has 0 bridgehead atoms. The topological polar surface area (TPSA) is 106 Å². The Morgan fingerprint density at radius 2 is 1.93 bits per heavy atom. The molecule has 0 saturated carbocycles. The normalized spacial score (nSPS) is 10.2. The van der Waals surface area contributed by atoms with E-state index in [4.69, 9.17) is 14.7 Å². The van der Waals surface area contributed by atoms with Crippen molar-refractivity contribution in [2.75, 3.05) is 19.0 Å². The molecule has 152 valence electrons. The fraction of sp³-hybridized carbons (Fsp3) is 0.182. The largest absolute Gasteiger partial charge is 0.495 e. The van der Waals surface area contributed by atoms with Crippen molar-refractivity contribution in [3.8, 4) is 17.5 Å². The second kappa shape index (κ2) is 8.92. The summed E-state index contributed by atoms with van der Waals surface area (Å²) in [5.41, 5.74) is 2.97. The number of nitriles is 1. The first-order valence-corrected chi connectivity index (χ1v) is 9.20. The van der Waals surface area contributed by atoms with Crippen molar-refractivity contribution in [2.45, 2.75) is 13.8 Å². The summed E-state index contributed by atoms with van der Waals surface area (Å²) < 4.78 is 11.9. The molecule has 0 unspecified atom stereocenters. The Morgan fingerprint density at radius 3 is 2.57 bits per heavy atom. The maximum atomic E-state index is 12.6. The van der Waals surface area contributed by atoms with Crippen molar-refractivity contribution >= 4 is 17.6 Å². The molecule has 1 N–H and O–H groups in total. The lowest BCUT2D eigenvalue weighted by molar-refractivity contribution is 0.0525. The number of nitrogens with one attached hydrogen (secondary N) is 1. The first kappa shape index (κ1) is 20.6. The number of hydrogen-bond acceptors (Lipinski definition) is 6. The van der Waals surface area contributed by atoms with Crippen LogP contribution in [0.2, 0.25) is 0 Å². The molecule has 1 aromatic heterocycles. The predicted octanol–water partition coefficient (Wildman–Crippen LogP) is 3.49. The molecule has 8 nitrogen and oxygen atoms in total. The molecule has 8 heteroatoms. The van der Waals surface area contributed by atoms with Crippen LogP contribution < -0.4 is 10.1 Å². The number of nitrogens with zero attached hydrogens (tertiary/aromatic N) is 3. The molecule has 3 aromatic rings. The number of anilines is 1. The quantitative estimate of drug-likeness (QED) is 0.631. The summed E-state index contributed by atoms with van der Waals surface area (Å²) in [6, 6.07) is 13.6. The summed E-state index contributed by atoms with van der Waals surface area (Å²) >= 11 is 0. The molecule has 0 aliphatic heterocycles. The van der Waals surface area contributed by atoms with Crippen LogP contribution in [0, 0.1) is 18.3 Å². The molecule has 0 saturated heterocycles. The zero-order valence-electron chi connectivity index (χ0n) is 16.8. The summed E-state index contributed by atoms with van der Waals surface area (Å²) in [6.45, 7) is 3.80. The molecule has 1 amide bonds. The van der Waals surface area contributed by atoms with Gasteiger partial charge in [-0.1, -0.05) is 0 Å². The van der Waals surface area contributed by atoms with Gasteiger partial charge in [-0.25, -0.2) is 9.48 Å². The van der Waals surface area contributed by atoms with E-state index in [1.54, 1.807) is 61.0 Å². The molecule has 0 atom stereocenters. The summed E-state index contributed by atoms with van der Waals surface area (Å²) in [5.74, 6) is -0.317. The Morgan fingerprint density at radius 1 is 1.20 bits per heavy atom. The summed E-state index contributed by atoms with van der Waals surface area (Å²) in [4.78, 5) is 24.6. The smallest absolute Gasteiger partial charge is 0.341 e. The van der Waals surface area contributed by atoms with E-state index in [2.05, 4.69) is 10.4 Å². The zero-order valence-corrected chi connectivity index (χ0v) is 16.8. The molecule has 2 aromatic carbocycles. The first-order chi connectivity index (χ1) is 14.5. The SMILES string of the molecule is CCOC(=O)c1cnn(-c2ccc(C(=O)Nc3cc(C#N)ccc3OC)cc2)c1C. The van der Waals surface area contributed by atoms with Gasteiger partial charge in [0.15, 0.2) is 0 Å². The Hall–Kier alpha value is -4.12. The van der Waals surface area contributed by atoms with Crippen molar-refractivity contribution < 1.29 is 19.1 Å². The van der Waals surface area contributed by atoms with Gasteiger partial charge in [-0.05, 0) is 56.3 Å². The second-order valence-electron chi connectivity index (χ2n) is 6.30. The standard InChI is InChI=1S/C22H20N4O4/c1-4-30-22(28)18-13-24-26(14(18)2)17-8-6-16(7-9-17)21(27)25-19-11-15(12-23)5-10-20(19)29-3/h5-11,13H,4H2,1-3H3,(H,25,27). The number of hydrogen-bond donors (Lipinski definition) is 1. The van der Waals surface area contributed by atoms with Gasteiger partial charge in [0, 0.05) is 5.56 Å². The third-order valence-corrected chi connectivity index (χ3v) is 4.46. The van der Waals surface area contributed by atoms with E-state index >= 15 is 0 Å². The van der Waals surface area contributed by atoms with Gasteiger partial charge in [-0.3, -0.25) is 4.79 Å². The maximum absolute atomic E-state index is 12.6. The van der Waals surface area contributed by atoms with Gasteiger partial charge in [-0.2, -0.15) is 10.4 Å². The predicted molar refractivity (Wildman–Crippen MR) is 110 cm³/mol. The summed E-state index contributed by atoms with van der Waals surface area (Å²) in [6.07, 6.45) is 1.46. The van der Waals surface area contributed by atoms with Gasteiger partial charge in [0.1, 0.15) is 11.3 Å². The number of carbonyl (C=O) groups is 2. The number of benzene rings is 2. The van der Waals surface area contributed by atoms with Crippen LogP contribution in [0.25, 0.3) is 5.69 Å². The molecule has 0 aliphatic rings. The van der Waals surface area contributed by atoms with Crippen molar-refractivity contribution in [3.63, 3.8) is 0 Å². The van der Waals surface area contributed by atoms with E-state index < -0.39 is 5.97 Å². The second-order valence-corrected chi connectivity index (χ2v) is 6.30. The first-order valence-electron chi connectivity index (χ1n) is 9.20. The van der Waals surface area contributed by atoms with Gasteiger partial charge in [0.2, 0.25) is 0 Å². The number of esters is 1. The Labute approximate surface area is 173 Å². The average molecular weight is 404 g/mol. The molecule has 30 heavy (non-hydrogen) atoms. The minimum absolute atomic E-state index is 0.287. The van der Waals surface area contributed by atoms with Gasteiger partial charge in [-0.15, -0.1) is 0 Å². The van der Waals surface area contributed by atoms with Crippen molar-refractivity contribution in [3.05, 3.63) is 71.0 Å². The molecule has 0 spiro atoms. The average Bonchev–Trinajstić information content (AvgIpc) is 3.15. The molecule has 3 rings (SSSR count). The summed E-state index contributed by atoms with van der Waals surface area (Å²) in [5, 5.41) is 16.1. The summed E-state index contributed by atoms with van der Waals surface area (Å²) in [7, 11) is 1.49. The minimum Gasteiger partial charge on any atom is -0.495 e. The van der Waals surface area contributed by atoms with Crippen LogP contribution in [0.3, 0.4) is 0 Å². The van der Waals surface area contributed by atoms with Crippen LogP contribution in [0.15, 0.2) is 48.7 Å². The maximum Gasteiger partial charge on any atom is 0.341 e. The van der Waals surface area contributed by atoms with E-state index in [0.717, 1.165) is 0 Å². The number of ether oxygens (including phenoxy) is 2. The third kappa shape index (κ3) is 4.15. The van der Waals surface area contributed by atoms with Crippen LogP contribution in [0.5, 0.6) is 5.75 Å². The Kier molecular flexibility index (Phi) is 6.13. The van der Waals surface area contributed by atoms with Gasteiger partial charge < -0.3 is 14.8 Å². The van der Waals surface area contributed by atoms with E-state index in [1.165, 1.54) is 13.3 Å². The van der Waals surface area contributed by atoms with Crippen LogP contribution >= 0.6 is 0 Å². The van der Waals surface area contributed by atoms with E-state index in [-0.39, 0.29) is 12.5 Å². The lowest BCUT2D eigenvalue weighted by atomic mass is 10.1.